The van der Waals surface area contributed by atoms with Crippen molar-refractivity contribution in [2.75, 3.05) is 13.2 Å². The lowest BCUT2D eigenvalue weighted by Gasteiger charge is -2.07. The van der Waals surface area contributed by atoms with E-state index in [1.165, 1.54) is 0 Å². The molecule has 2 N–H and O–H groups in total. The smallest absolute Gasteiger partial charge is 0.303 e. The molecule has 0 saturated heterocycles. The average molecular weight is 330 g/mol. The van der Waals surface area contributed by atoms with E-state index in [1.54, 1.807) is 12.1 Å². The topological polar surface area (TPSA) is 75.6 Å². The molecule has 0 spiro atoms. The second-order valence-electron chi connectivity index (χ2n) is 3.94. The van der Waals surface area contributed by atoms with Crippen LogP contribution in [-0.4, -0.2) is 30.1 Å². The molecular weight excluding hydrogens is 314 g/mol. The Balaban J connectivity index is 2.11. The molecule has 0 aromatic heterocycles. The zero-order valence-corrected chi connectivity index (χ0v) is 12.0. The molecule has 0 heterocycles. The van der Waals surface area contributed by atoms with Crippen LogP contribution >= 0.6 is 15.9 Å². The second kappa shape index (κ2) is 8.53. The minimum absolute atomic E-state index is 0.0411. The molecule has 1 aromatic carbocycles. The van der Waals surface area contributed by atoms with Crippen molar-refractivity contribution < 1.29 is 19.4 Å². The first kappa shape index (κ1) is 15.5. The minimum Gasteiger partial charge on any atom is -0.484 e. The lowest BCUT2D eigenvalue weighted by Crippen LogP contribution is -2.29. The number of benzene rings is 1. The summed E-state index contributed by atoms with van der Waals surface area (Å²) in [6.07, 6.45) is 1.34. The Bertz CT molecular complexity index is 419. The maximum absolute atomic E-state index is 11.4. The number of carboxylic acid groups (broad SMARTS) is 1. The van der Waals surface area contributed by atoms with E-state index in [2.05, 4.69) is 21.2 Å². The van der Waals surface area contributed by atoms with E-state index in [1.807, 2.05) is 12.1 Å². The third-order valence-corrected chi connectivity index (χ3v) is 2.85. The molecule has 5 nitrogen and oxygen atoms in total. The number of carbonyl (C=O) groups excluding carboxylic acids is 1. The molecule has 0 unspecified atom stereocenters. The molecule has 1 amide bonds. The van der Waals surface area contributed by atoms with Gasteiger partial charge in [0.15, 0.2) is 6.61 Å². The highest BCUT2D eigenvalue weighted by Crippen LogP contribution is 2.15. The summed E-state index contributed by atoms with van der Waals surface area (Å²) in [4.78, 5) is 21.7. The Morgan fingerprint density at radius 2 is 1.89 bits per heavy atom. The van der Waals surface area contributed by atoms with E-state index in [4.69, 9.17) is 9.84 Å². The first-order valence-electron chi connectivity index (χ1n) is 5.95. The average Bonchev–Trinajstić information content (AvgIpc) is 2.37. The van der Waals surface area contributed by atoms with Gasteiger partial charge >= 0.3 is 5.97 Å². The highest BCUT2D eigenvalue weighted by molar-refractivity contribution is 9.10. The summed E-state index contributed by atoms with van der Waals surface area (Å²) in [7, 11) is 0. The summed E-state index contributed by atoms with van der Waals surface area (Å²) in [5, 5.41) is 11.1. The van der Waals surface area contributed by atoms with E-state index in [0.29, 0.717) is 25.1 Å². The zero-order valence-electron chi connectivity index (χ0n) is 10.4. The van der Waals surface area contributed by atoms with Gasteiger partial charge in [0.1, 0.15) is 5.75 Å². The third-order valence-electron chi connectivity index (χ3n) is 2.32. The highest BCUT2D eigenvalue weighted by Gasteiger charge is 2.02. The van der Waals surface area contributed by atoms with Gasteiger partial charge in [-0.2, -0.15) is 0 Å². The molecule has 1 aromatic rings. The largest absolute Gasteiger partial charge is 0.484 e. The van der Waals surface area contributed by atoms with Crippen molar-refractivity contribution in [2.24, 2.45) is 0 Å². The summed E-state index contributed by atoms with van der Waals surface area (Å²) in [6, 6.07) is 7.20. The summed E-state index contributed by atoms with van der Waals surface area (Å²) in [5.74, 6) is -0.396. The number of nitrogens with one attached hydrogen (secondary N) is 1. The fourth-order valence-electron chi connectivity index (χ4n) is 1.36. The van der Waals surface area contributed by atoms with Crippen LogP contribution in [-0.2, 0) is 9.59 Å². The SMILES string of the molecule is O=C(O)CCCCNC(=O)COc1ccc(Br)cc1. The van der Waals surface area contributed by atoms with E-state index < -0.39 is 5.97 Å². The van der Waals surface area contributed by atoms with Gasteiger partial charge in [-0.1, -0.05) is 15.9 Å². The number of hydrogen-bond donors (Lipinski definition) is 2. The van der Waals surface area contributed by atoms with Crippen molar-refractivity contribution in [1.29, 1.82) is 0 Å². The fraction of sp³-hybridized carbons (Fsp3) is 0.385. The number of amides is 1. The molecule has 1 rings (SSSR count). The second-order valence-corrected chi connectivity index (χ2v) is 4.86. The molecule has 0 bridgehead atoms. The Morgan fingerprint density at radius 1 is 1.21 bits per heavy atom. The van der Waals surface area contributed by atoms with Gasteiger partial charge in [0.05, 0.1) is 0 Å². The lowest BCUT2D eigenvalue weighted by atomic mass is 10.2. The van der Waals surface area contributed by atoms with Crippen LogP contribution in [0.2, 0.25) is 0 Å². The van der Waals surface area contributed by atoms with Gasteiger partial charge in [0.2, 0.25) is 0 Å². The van der Waals surface area contributed by atoms with Gasteiger partial charge in [-0.05, 0) is 37.1 Å². The van der Waals surface area contributed by atoms with Crippen LogP contribution in [0, 0.1) is 0 Å². The number of ether oxygens (including phenoxy) is 1. The van der Waals surface area contributed by atoms with Crippen molar-refractivity contribution in [1.82, 2.24) is 5.32 Å². The number of unbranched alkanes of at least 4 members (excludes halogenated alkanes) is 1. The lowest BCUT2D eigenvalue weighted by molar-refractivity contribution is -0.137. The molecule has 0 aliphatic rings. The number of carbonyl (C=O) groups is 2. The summed E-state index contributed by atoms with van der Waals surface area (Å²) in [5.41, 5.74) is 0. The van der Waals surface area contributed by atoms with Crippen molar-refractivity contribution in [3.63, 3.8) is 0 Å². The molecule has 0 radical (unpaired) electrons. The van der Waals surface area contributed by atoms with Crippen molar-refractivity contribution in [3.05, 3.63) is 28.7 Å². The number of rotatable bonds is 8. The number of aliphatic carboxylic acids is 1. The molecular formula is C13H16BrNO4. The van der Waals surface area contributed by atoms with Gasteiger partial charge in [-0.15, -0.1) is 0 Å². The number of carboxylic acids is 1. The molecule has 0 saturated carbocycles. The quantitative estimate of drug-likeness (QED) is 0.717. The monoisotopic (exact) mass is 329 g/mol. The van der Waals surface area contributed by atoms with Gasteiger partial charge in [-0.25, -0.2) is 0 Å². The Labute approximate surface area is 120 Å². The minimum atomic E-state index is -0.815. The van der Waals surface area contributed by atoms with Gasteiger partial charge in [0.25, 0.3) is 5.91 Å². The van der Waals surface area contributed by atoms with Crippen LogP contribution < -0.4 is 10.1 Å². The molecule has 19 heavy (non-hydrogen) atoms. The maximum atomic E-state index is 11.4. The fourth-order valence-corrected chi connectivity index (χ4v) is 1.62. The predicted octanol–water partition coefficient (Wildman–Crippen LogP) is 2.20. The van der Waals surface area contributed by atoms with Crippen molar-refractivity contribution >= 4 is 27.8 Å². The standard InChI is InChI=1S/C13H16BrNO4/c14-10-4-6-11(7-5-10)19-9-12(16)15-8-2-1-3-13(17)18/h4-7H,1-3,8-9H2,(H,15,16)(H,17,18). The summed E-state index contributed by atoms with van der Waals surface area (Å²) in [6.45, 7) is 0.427. The Kier molecular flexibility index (Phi) is 6.95. The summed E-state index contributed by atoms with van der Waals surface area (Å²) >= 11 is 3.31. The maximum Gasteiger partial charge on any atom is 0.303 e. The van der Waals surface area contributed by atoms with Crippen LogP contribution in [0.5, 0.6) is 5.75 Å². The number of hydrogen-bond acceptors (Lipinski definition) is 3. The Hall–Kier alpha value is -1.56. The molecule has 6 heteroatoms. The molecule has 0 atom stereocenters. The van der Waals surface area contributed by atoms with E-state index in [0.717, 1.165) is 4.47 Å². The van der Waals surface area contributed by atoms with Gasteiger partial charge in [-0.3, -0.25) is 9.59 Å². The van der Waals surface area contributed by atoms with E-state index in [9.17, 15) is 9.59 Å². The third kappa shape index (κ3) is 7.46. The first-order chi connectivity index (χ1) is 9.08. The van der Waals surface area contributed by atoms with Gasteiger partial charge < -0.3 is 15.2 Å². The molecule has 0 aliphatic carbocycles. The van der Waals surface area contributed by atoms with Crippen LogP contribution in [0.15, 0.2) is 28.7 Å². The zero-order chi connectivity index (χ0) is 14.1. The Morgan fingerprint density at radius 3 is 2.53 bits per heavy atom. The van der Waals surface area contributed by atoms with Crippen molar-refractivity contribution in [3.8, 4) is 5.75 Å². The van der Waals surface area contributed by atoms with E-state index in [-0.39, 0.29) is 18.9 Å². The molecule has 0 aliphatic heterocycles. The van der Waals surface area contributed by atoms with Crippen LogP contribution in [0.1, 0.15) is 19.3 Å². The number of halogens is 1. The molecule has 0 fully saturated rings. The first-order valence-corrected chi connectivity index (χ1v) is 6.74. The molecule has 104 valence electrons. The predicted molar refractivity (Wildman–Crippen MR) is 74.1 cm³/mol. The van der Waals surface area contributed by atoms with E-state index >= 15 is 0 Å². The van der Waals surface area contributed by atoms with Crippen molar-refractivity contribution in [2.45, 2.75) is 19.3 Å². The van der Waals surface area contributed by atoms with Crippen LogP contribution in [0.25, 0.3) is 0 Å². The highest BCUT2D eigenvalue weighted by atomic mass is 79.9. The normalized spacial score (nSPS) is 9.95. The van der Waals surface area contributed by atoms with Gasteiger partial charge in [0, 0.05) is 17.4 Å². The van der Waals surface area contributed by atoms with Crippen LogP contribution in [0.4, 0.5) is 0 Å². The summed E-state index contributed by atoms with van der Waals surface area (Å²) < 4.78 is 6.24. The van der Waals surface area contributed by atoms with Crippen LogP contribution in [0.3, 0.4) is 0 Å².